The third-order valence-electron chi connectivity index (χ3n) is 5.57. The number of carbonyl (C=O) groups excluding carboxylic acids is 1. The highest BCUT2D eigenvalue weighted by Gasteiger charge is 2.38. The van der Waals surface area contributed by atoms with Crippen LogP contribution in [-0.2, 0) is 14.8 Å². The van der Waals surface area contributed by atoms with E-state index in [4.69, 9.17) is 9.47 Å². The van der Waals surface area contributed by atoms with Gasteiger partial charge in [0.25, 0.3) is 15.9 Å². The molecule has 0 saturated carbocycles. The predicted molar refractivity (Wildman–Crippen MR) is 126 cm³/mol. The van der Waals surface area contributed by atoms with Gasteiger partial charge < -0.3 is 14.8 Å². The van der Waals surface area contributed by atoms with Crippen molar-refractivity contribution < 1.29 is 22.7 Å². The number of nitrogens with zero attached hydrogens (tertiary/aromatic N) is 1. The van der Waals surface area contributed by atoms with Crippen molar-refractivity contribution in [2.75, 3.05) is 18.0 Å². The number of methoxy groups -OCH3 is 1. The van der Waals surface area contributed by atoms with E-state index < -0.39 is 22.0 Å². The van der Waals surface area contributed by atoms with E-state index in [0.717, 1.165) is 11.1 Å². The summed E-state index contributed by atoms with van der Waals surface area (Å²) >= 11 is 0. The summed E-state index contributed by atoms with van der Waals surface area (Å²) in [5, 5.41) is 2.93. The molecule has 0 spiro atoms. The highest BCUT2D eigenvalue weighted by Crippen LogP contribution is 2.38. The van der Waals surface area contributed by atoms with Gasteiger partial charge in [-0.05, 0) is 49.7 Å². The molecule has 1 aliphatic heterocycles. The number of fused-ring (bicyclic) bond motifs is 1. The van der Waals surface area contributed by atoms with Crippen molar-refractivity contribution in [1.82, 2.24) is 5.32 Å². The normalized spacial score (nSPS) is 16.3. The molecule has 0 saturated heterocycles. The Morgan fingerprint density at radius 1 is 1.09 bits per heavy atom. The molecule has 7 nitrogen and oxygen atoms in total. The summed E-state index contributed by atoms with van der Waals surface area (Å²) < 4.78 is 39.5. The van der Waals surface area contributed by atoms with Gasteiger partial charge in [-0.3, -0.25) is 9.10 Å². The molecule has 2 atom stereocenters. The second kappa shape index (κ2) is 9.15. The lowest BCUT2D eigenvalue weighted by molar-refractivity contribution is -0.128. The van der Waals surface area contributed by atoms with Crippen molar-refractivity contribution in [3.8, 4) is 11.5 Å². The van der Waals surface area contributed by atoms with Crippen LogP contribution >= 0.6 is 0 Å². The lowest BCUT2D eigenvalue weighted by Gasteiger charge is -2.35. The van der Waals surface area contributed by atoms with Crippen LogP contribution in [0.15, 0.2) is 77.7 Å². The minimum Gasteiger partial charge on any atom is -0.496 e. The van der Waals surface area contributed by atoms with E-state index in [1.54, 1.807) is 37.4 Å². The summed E-state index contributed by atoms with van der Waals surface area (Å²) in [6, 6.07) is 20.5. The Hall–Kier alpha value is -3.52. The lowest BCUT2D eigenvalue weighted by Crippen LogP contribution is -2.51. The van der Waals surface area contributed by atoms with E-state index >= 15 is 0 Å². The molecule has 0 unspecified atom stereocenters. The molecule has 1 N–H and O–H groups in total. The van der Waals surface area contributed by atoms with Gasteiger partial charge in [0.15, 0.2) is 6.10 Å². The van der Waals surface area contributed by atoms with Crippen LogP contribution in [0.1, 0.15) is 24.1 Å². The third kappa shape index (κ3) is 4.52. The largest absolute Gasteiger partial charge is 0.496 e. The molecule has 8 heteroatoms. The predicted octanol–water partition coefficient (Wildman–Crippen LogP) is 3.84. The fourth-order valence-electron chi connectivity index (χ4n) is 3.85. The van der Waals surface area contributed by atoms with Gasteiger partial charge >= 0.3 is 0 Å². The van der Waals surface area contributed by atoms with Crippen molar-refractivity contribution in [3.05, 3.63) is 83.9 Å². The Bertz CT molecular complexity index is 1260. The van der Waals surface area contributed by atoms with Gasteiger partial charge in [-0.2, -0.15) is 0 Å². The molecular formula is C25H26N2O5S. The van der Waals surface area contributed by atoms with Crippen molar-refractivity contribution in [3.63, 3.8) is 0 Å². The molecule has 0 bridgehead atoms. The van der Waals surface area contributed by atoms with Crippen molar-refractivity contribution in [1.29, 1.82) is 0 Å². The molecule has 0 radical (unpaired) electrons. The van der Waals surface area contributed by atoms with Crippen LogP contribution in [0.2, 0.25) is 0 Å². The standard InChI is InChI=1S/C25H26N2O5S/c1-17-13-14-21-23(15-17)32-24(16-27(21)33(29,30)19-9-5-4-6-10-19)25(28)26-18(2)20-11-7-8-12-22(20)31-3/h4-15,18,24H,16H2,1-3H3,(H,26,28)/t18-,24-/m1/s1. The number of hydrogen-bond acceptors (Lipinski definition) is 5. The first-order chi connectivity index (χ1) is 15.8. The first-order valence-electron chi connectivity index (χ1n) is 10.6. The fourth-order valence-corrected chi connectivity index (χ4v) is 5.35. The Balaban J connectivity index is 1.64. The molecule has 1 amide bonds. The quantitative estimate of drug-likeness (QED) is 0.597. The van der Waals surface area contributed by atoms with Crippen molar-refractivity contribution in [2.45, 2.75) is 30.9 Å². The maximum atomic E-state index is 13.5. The summed E-state index contributed by atoms with van der Waals surface area (Å²) in [5.74, 6) is 0.601. The number of aryl methyl sites for hydroxylation is 1. The highest BCUT2D eigenvalue weighted by atomic mass is 32.2. The summed E-state index contributed by atoms with van der Waals surface area (Å²) in [6.45, 7) is 3.58. The van der Waals surface area contributed by atoms with Gasteiger partial charge in [0, 0.05) is 5.56 Å². The van der Waals surface area contributed by atoms with E-state index in [0.29, 0.717) is 17.2 Å². The van der Waals surface area contributed by atoms with E-state index in [1.165, 1.54) is 16.4 Å². The number of nitrogens with one attached hydrogen (secondary N) is 1. The van der Waals surface area contributed by atoms with E-state index in [2.05, 4.69) is 5.32 Å². The number of ether oxygens (including phenoxy) is 2. The SMILES string of the molecule is COc1ccccc1[C@@H](C)NC(=O)[C@H]1CN(S(=O)(=O)c2ccccc2)c2ccc(C)cc2O1. The fraction of sp³-hybridized carbons (Fsp3) is 0.240. The van der Waals surface area contributed by atoms with Crippen LogP contribution in [0.3, 0.4) is 0 Å². The summed E-state index contributed by atoms with van der Waals surface area (Å²) in [6.07, 6.45) is -1.02. The molecule has 4 rings (SSSR count). The minimum atomic E-state index is -3.89. The molecule has 0 fully saturated rings. The zero-order valence-corrected chi connectivity index (χ0v) is 19.5. The van der Waals surface area contributed by atoms with Crippen molar-refractivity contribution >= 4 is 21.6 Å². The number of anilines is 1. The Morgan fingerprint density at radius 2 is 1.79 bits per heavy atom. The van der Waals surface area contributed by atoms with E-state index in [1.807, 2.05) is 44.2 Å². The number of sulfonamides is 1. The number of benzene rings is 3. The van der Waals surface area contributed by atoms with Crippen LogP contribution in [0, 0.1) is 6.92 Å². The molecule has 172 valence electrons. The monoisotopic (exact) mass is 466 g/mol. The van der Waals surface area contributed by atoms with Gasteiger partial charge in [-0.1, -0.05) is 42.5 Å². The second-order valence-electron chi connectivity index (χ2n) is 7.90. The Kier molecular flexibility index (Phi) is 6.29. The molecule has 3 aromatic rings. The molecule has 3 aromatic carbocycles. The molecular weight excluding hydrogens is 440 g/mol. The van der Waals surface area contributed by atoms with Crippen LogP contribution in [0.25, 0.3) is 0 Å². The summed E-state index contributed by atoms with van der Waals surface area (Å²) in [5.41, 5.74) is 2.12. The van der Waals surface area contributed by atoms with Gasteiger partial charge in [0.05, 0.1) is 30.3 Å². The van der Waals surface area contributed by atoms with E-state index in [9.17, 15) is 13.2 Å². The Morgan fingerprint density at radius 3 is 2.52 bits per heavy atom. The van der Waals surface area contributed by atoms with Crippen LogP contribution in [0.4, 0.5) is 5.69 Å². The number of rotatable bonds is 6. The maximum Gasteiger partial charge on any atom is 0.264 e. The first-order valence-corrected chi connectivity index (χ1v) is 12.0. The summed E-state index contributed by atoms with van der Waals surface area (Å²) in [7, 11) is -2.32. The molecule has 0 aliphatic carbocycles. The molecule has 0 aromatic heterocycles. The number of carbonyl (C=O) groups is 1. The second-order valence-corrected chi connectivity index (χ2v) is 9.76. The smallest absolute Gasteiger partial charge is 0.264 e. The van der Waals surface area contributed by atoms with Crippen LogP contribution in [-0.4, -0.2) is 34.1 Å². The van der Waals surface area contributed by atoms with Crippen molar-refractivity contribution in [2.24, 2.45) is 0 Å². The zero-order valence-electron chi connectivity index (χ0n) is 18.7. The molecule has 1 heterocycles. The van der Waals surface area contributed by atoms with Gasteiger partial charge in [0.2, 0.25) is 0 Å². The zero-order chi connectivity index (χ0) is 23.6. The summed E-state index contributed by atoms with van der Waals surface area (Å²) in [4.78, 5) is 13.3. The van der Waals surface area contributed by atoms with Crippen LogP contribution in [0.5, 0.6) is 11.5 Å². The average molecular weight is 467 g/mol. The highest BCUT2D eigenvalue weighted by molar-refractivity contribution is 7.92. The van der Waals surface area contributed by atoms with Gasteiger partial charge in [-0.25, -0.2) is 8.42 Å². The minimum absolute atomic E-state index is 0.141. The maximum absolute atomic E-state index is 13.5. The number of amides is 1. The average Bonchev–Trinajstić information content (AvgIpc) is 2.83. The lowest BCUT2D eigenvalue weighted by atomic mass is 10.1. The number of hydrogen-bond donors (Lipinski definition) is 1. The van der Waals surface area contributed by atoms with E-state index in [-0.39, 0.29) is 17.5 Å². The molecule has 33 heavy (non-hydrogen) atoms. The third-order valence-corrected chi connectivity index (χ3v) is 7.37. The Labute approximate surface area is 194 Å². The van der Waals surface area contributed by atoms with Gasteiger partial charge in [0.1, 0.15) is 11.5 Å². The molecule has 1 aliphatic rings. The van der Waals surface area contributed by atoms with Gasteiger partial charge in [-0.15, -0.1) is 0 Å². The number of para-hydroxylation sites is 1. The van der Waals surface area contributed by atoms with Crippen LogP contribution < -0.4 is 19.1 Å². The first kappa shape index (κ1) is 22.7. The topological polar surface area (TPSA) is 84.9 Å².